The van der Waals surface area contributed by atoms with Crippen molar-refractivity contribution in [1.29, 1.82) is 0 Å². The van der Waals surface area contributed by atoms with E-state index in [2.05, 4.69) is 5.32 Å². The van der Waals surface area contributed by atoms with Crippen molar-refractivity contribution in [2.45, 2.75) is 0 Å². The molecule has 1 aromatic heterocycles. The lowest BCUT2D eigenvalue weighted by Gasteiger charge is -2.06. The Hall–Kier alpha value is -3.14. The number of hydrogen-bond acceptors (Lipinski definition) is 3. The van der Waals surface area contributed by atoms with Crippen molar-refractivity contribution in [3.8, 4) is 11.3 Å². The summed E-state index contributed by atoms with van der Waals surface area (Å²) < 4.78 is 5.38. The molecule has 3 aromatic rings. The van der Waals surface area contributed by atoms with Crippen LogP contribution in [0, 0.1) is 0 Å². The first-order valence-corrected chi connectivity index (χ1v) is 6.78. The Kier molecular flexibility index (Phi) is 3.83. The first-order chi connectivity index (χ1) is 10.8. The van der Waals surface area contributed by atoms with Gasteiger partial charge in [0.25, 0.3) is 5.91 Å². The van der Waals surface area contributed by atoms with Crippen LogP contribution >= 0.6 is 0 Å². The van der Waals surface area contributed by atoms with Crippen molar-refractivity contribution in [2.24, 2.45) is 0 Å². The lowest BCUT2D eigenvalue weighted by atomic mass is 10.1. The molecule has 0 saturated carbocycles. The van der Waals surface area contributed by atoms with Crippen LogP contribution in [0.1, 0.15) is 20.9 Å². The summed E-state index contributed by atoms with van der Waals surface area (Å²) in [5.74, 6) is 0.678. The van der Waals surface area contributed by atoms with E-state index in [0.29, 0.717) is 23.3 Å². The Balaban J connectivity index is 1.82. The summed E-state index contributed by atoms with van der Waals surface area (Å²) in [6.07, 6.45) is 0.657. The van der Waals surface area contributed by atoms with E-state index in [9.17, 15) is 9.59 Å². The molecule has 2 aromatic carbocycles. The van der Waals surface area contributed by atoms with Gasteiger partial charge in [-0.2, -0.15) is 0 Å². The van der Waals surface area contributed by atoms with Crippen molar-refractivity contribution in [1.82, 2.24) is 0 Å². The Morgan fingerprint density at radius 2 is 1.77 bits per heavy atom. The van der Waals surface area contributed by atoms with Crippen LogP contribution in [0.4, 0.5) is 5.69 Å². The molecule has 4 heteroatoms. The van der Waals surface area contributed by atoms with Crippen molar-refractivity contribution in [3.05, 3.63) is 78.1 Å². The highest BCUT2D eigenvalue weighted by Crippen LogP contribution is 2.24. The third-order valence-electron chi connectivity index (χ3n) is 3.18. The fraction of sp³-hybridized carbons (Fsp3) is 0. The highest BCUT2D eigenvalue weighted by molar-refractivity contribution is 6.04. The minimum Gasteiger partial charge on any atom is -0.453 e. The molecule has 0 radical (unpaired) electrons. The average molecular weight is 291 g/mol. The summed E-state index contributed by atoms with van der Waals surface area (Å²) in [5, 5.41) is 2.84. The smallest absolute Gasteiger partial charge is 0.255 e. The highest BCUT2D eigenvalue weighted by Gasteiger charge is 2.08. The summed E-state index contributed by atoms with van der Waals surface area (Å²) in [5.41, 5.74) is 2.04. The Labute approximate surface area is 127 Å². The van der Waals surface area contributed by atoms with Crippen LogP contribution in [0.3, 0.4) is 0 Å². The number of amides is 1. The second-order valence-corrected chi connectivity index (χ2v) is 4.72. The molecule has 0 aliphatic rings. The largest absolute Gasteiger partial charge is 0.453 e. The van der Waals surface area contributed by atoms with E-state index < -0.39 is 0 Å². The van der Waals surface area contributed by atoms with E-state index in [1.54, 1.807) is 36.4 Å². The number of furan rings is 1. The number of benzene rings is 2. The van der Waals surface area contributed by atoms with Gasteiger partial charge in [0.1, 0.15) is 5.76 Å². The SMILES string of the molecule is O=Cc1ccc(-c2cccc(NC(=O)c3ccccc3)c2)o1. The van der Waals surface area contributed by atoms with Gasteiger partial charge in [-0.25, -0.2) is 0 Å². The number of nitrogens with one attached hydrogen (secondary N) is 1. The number of carbonyl (C=O) groups is 2. The summed E-state index contributed by atoms with van der Waals surface area (Å²) in [6.45, 7) is 0. The van der Waals surface area contributed by atoms with Gasteiger partial charge in [-0.3, -0.25) is 9.59 Å². The number of anilines is 1. The Morgan fingerprint density at radius 3 is 2.50 bits per heavy atom. The molecule has 0 aliphatic carbocycles. The second-order valence-electron chi connectivity index (χ2n) is 4.72. The number of carbonyl (C=O) groups excluding carboxylic acids is 2. The third kappa shape index (κ3) is 2.96. The Bertz CT molecular complexity index is 806. The maximum Gasteiger partial charge on any atom is 0.255 e. The van der Waals surface area contributed by atoms with E-state index in [0.717, 1.165) is 5.56 Å². The molecule has 0 bridgehead atoms. The highest BCUT2D eigenvalue weighted by atomic mass is 16.3. The Morgan fingerprint density at radius 1 is 0.955 bits per heavy atom. The van der Waals surface area contributed by atoms with Gasteiger partial charge in [0.15, 0.2) is 12.0 Å². The van der Waals surface area contributed by atoms with Crippen LogP contribution in [0.15, 0.2) is 71.1 Å². The van der Waals surface area contributed by atoms with Crippen LogP contribution in [0.5, 0.6) is 0 Å². The summed E-state index contributed by atoms with van der Waals surface area (Å²) in [4.78, 5) is 22.8. The molecule has 0 saturated heterocycles. The van der Waals surface area contributed by atoms with Crippen molar-refractivity contribution in [2.75, 3.05) is 5.32 Å². The molecule has 1 amide bonds. The third-order valence-corrected chi connectivity index (χ3v) is 3.18. The second kappa shape index (κ2) is 6.10. The van der Waals surface area contributed by atoms with E-state index >= 15 is 0 Å². The zero-order valence-corrected chi connectivity index (χ0v) is 11.7. The van der Waals surface area contributed by atoms with E-state index in [-0.39, 0.29) is 11.7 Å². The van der Waals surface area contributed by atoms with Crippen LogP contribution in [-0.4, -0.2) is 12.2 Å². The van der Waals surface area contributed by atoms with E-state index in [4.69, 9.17) is 4.42 Å². The van der Waals surface area contributed by atoms with Gasteiger partial charge in [0, 0.05) is 16.8 Å². The predicted octanol–water partition coefficient (Wildman–Crippen LogP) is 4.01. The zero-order valence-electron chi connectivity index (χ0n) is 11.7. The van der Waals surface area contributed by atoms with Crippen molar-refractivity contribution in [3.63, 3.8) is 0 Å². The lowest BCUT2D eigenvalue weighted by Crippen LogP contribution is -2.11. The van der Waals surface area contributed by atoms with Crippen LogP contribution in [0.25, 0.3) is 11.3 Å². The summed E-state index contributed by atoms with van der Waals surface area (Å²) in [6, 6.07) is 19.6. The van der Waals surface area contributed by atoms with E-state index in [1.165, 1.54) is 0 Å². The summed E-state index contributed by atoms with van der Waals surface area (Å²) in [7, 11) is 0. The number of hydrogen-bond donors (Lipinski definition) is 1. The van der Waals surface area contributed by atoms with Crippen LogP contribution in [0.2, 0.25) is 0 Å². The zero-order chi connectivity index (χ0) is 15.4. The van der Waals surface area contributed by atoms with Gasteiger partial charge in [-0.1, -0.05) is 30.3 Å². The molecule has 0 atom stereocenters. The molecular formula is C18H13NO3. The van der Waals surface area contributed by atoms with Gasteiger partial charge < -0.3 is 9.73 Å². The number of rotatable bonds is 4. The maximum atomic E-state index is 12.1. The fourth-order valence-corrected chi connectivity index (χ4v) is 2.11. The van der Waals surface area contributed by atoms with Crippen molar-refractivity contribution < 1.29 is 14.0 Å². The van der Waals surface area contributed by atoms with E-state index in [1.807, 2.05) is 30.3 Å². The molecule has 0 fully saturated rings. The average Bonchev–Trinajstić information content (AvgIpc) is 3.05. The van der Waals surface area contributed by atoms with Gasteiger partial charge in [0.05, 0.1) is 0 Å². The predicted molar refractivity (Wildman–Crippen MR) is 83.9 cm³/mol. The molecule has 22 heavy (non-hydrogen) atoms. The molecule has 4 nitrogen and oxygen atoms in total. The standard InChI is InChI=1S/C18H13NO3/c20-12-16-9-10-17(22-16)14-7-4-8-15(11-14)19-18(21)13-5-2-1-3-6-13/h1-12H,(H,19,21). The fourth-order valence-electron chi connectivity index (χ4n) is 2.11. The molecule has 3 rings (SSSR count). The lowest BCUT2D eigenvalue weighted by molar-refractivity contribution is 0.102. The monoisotopic (exact) mass is 291 g/mol. The molecular weight excluding hydrogens is 278 g/mol. The van der Waals surface area contributed by atoms with Crippen molar-refractivity contribution >= 4 is 17.9 Å². The minimum absolute atomic E-state index is 0.175. The van der Waals surface area contributed by atoms with Gasteiger partial charge in [0.2, 0.25) is 0 Å². The molecule has 108 valence electrons. The molecule has 0 spiro atoms. The van der Waals surface area contributed by atoms with Gasteiger partial charge in [-0.05, 0) is 36.4 Å². The number of aldehydes is 1. The minimum atomic E-state index is -0.175. The molecule has 1 heterocycles. The first-order valence-electron chi connectivity index (χ1n) is 6.78. The topological polar surface area (TPSA) is 59.3 Å². The molecule has 1 N–H and O–H groups in total. The van der Waals surface area contributed by atoms with Gasteiger partial charge in [-0.15, -0.1) is 0 Å². The van der Waals surface area contributed by atoms with Crippen LogP contribution in [-0.2, 0) is 0 Å². The maximum absolute atomic E-state index is 12.1. The van der Waals surface area contributed by atoms with Crippen LogP contribution < -0.4 is 5.32 Å². The molecule has 0 aliphatic heterocycles. The molecule has 0 unspecified atom stereocenters. The quantitative estimate of drug-likeness (QED) is 0.739. The summed E-state index contributed by atoms with van der Waals surface area (Å²) >= 11 is 0. The van der Waals surface area contributed by atoms with Gasteiger partial charge >= 0.3 is 0 Å². The first kappa shape index (κ1) is 13.8. The normalized spacial score (nSPS) is 10.2.